The summed E-state index contributed by atoms with van der Waals surface area (Å²) in [5.74, 6) is -0.563. The van der Waals surface area contributed by atoms with Crippen LogP contribution in [0.1, 0.15) is 47.3 Å². The van der Waals surface area contributed by atoms with E-state index in [1.807, 2.05) is 42.5 Å². The zero-order valence-electron chi connectivity index (χ0n) is 19.7. The van der Waals surface area contributed by atoms with E-state index in [0.29, 0.717) is 30.5 Å². The van der Waals surface area contributed by atoms with Crippen LogP contribution in [-0.2, 0) is 28.8 Å². The monoisotopic (exact) mass is 460 g/mol. The molecule has 1 amide bonds. The second kappa shape index (κ2) is 11.9. The zero-order chi connectivity index (χ0) is 24.5. The fraction of sp³-hybridized carbons (Fsp3) is 0.286. The van der Waals surface area contributed by atoms with E-state index in [9.17, 15) is 14.7 Å². The number of phenolic OH excluding ortho intramolecular Hbond substituents is 1. The Labute approximate surface area is 200 Å². The molecule has 34 heavy (non-hydrogen) atoms. The van der Waals surface area contributed by atoms with Gasteiger partial charge in [-0.2, -0.15) is 0 Å². The van der Waals surface area contributed by atoms with Gasteiger partial charge in [0.2, 0.25) is 0 Å². The van der Waals surface area contributed by atoms with E-state index in [4.69, 9.17) is 10.5 Å². The lowest BCUT2D eigenvalue weighted by atomic mass is 10.00. The third-order valence-electron chi connectivity index (χ3n) is 5.53. The molecule has 1 unspecified atom stereocenters. The summed E-state index contributed by atoms with van der Waals surface area (Å²) in [5.41, 5.74) is 10.2. The van der Waals surface area contributed by atoms with Crippen molar-refractivity contribution in [1.29, 1.82) is 0 Å². The number of aryl methyl sites for hydroxylation is 3. The average Bonchev–Trinajstić information content (AvgIpc) is 2.82. The van der Waals surface area contributed by atoms with Crippen LogP contribution in [0.2, 0.25) is 0 Å². The lowest BCUT2D eigenvalue weighted by Gasteiger charge is -2.19. The van der Waals surface area contributed by atoms with Crippen LogP contribution in [0.15, 0.2) is 72.8 Å². The molecule has 0 radical (unpaired) electrons. The van der Waals surface area contributed by atoms with Gasteiger partial charge in [-0.3, -0.25) is 4.79 Å². The number of carbonyl (C=O) groups excluding carboxylic acids is 2. The Kier molecular flexibility index (Phi) is 8.68. The van der Waals surface area contributed by atoms with Gasteiger partial charge >= 0.3 is 5.97 Å². The minimum absolute atomic E-state index is 0.222. The summed E-state index contributed by atoms with van der Waals surface area (Å²) in [6.07, 6.45) is 2.16. The SMILES string of the molecule is CC(C)OC(=O)C(CCc1ccccc1)NC(=O)c1ccc(N)c(CCc2ccc(O)cc2)c1. The highest BCUT2D eigenvalue weighted by atomic mass is 16.5. The van der Waals surface area contributed by atoms with E-state index in [0.717, 1.165) is 23.1 Å². The van der Waals surface area contributed by atoms with Crippen LogP contribution in [0.25, 0.3) is 0 Å². The molecule has 3 aromatic rings. The molecule has 0 bridgehead atoms. The van der Waals surface area contributed by atoms with Gasteiger partial charge in [0.05, 0.1) is 6.10 Å². The van der Waals surface area contributed by atoms with Crippen LogP contribution in [0, 0.1) is 0 Å². The normalized spacial score (nSPS) is 11.7. The summed E-state index contributed by atoms with van der Waals surface area (Å²) in [5, 5.41) is 12.3. The molecular formula is C28H32N2O4. The molecule has 178 valence electrons. The Balaban J connectivity index is 1.69. The molecule has 0 saturated carbocycles. The molecule has 3 rings (SSSR count). The number of esters is 1. The molecule has 0 saturated heterocycles. The predicted octanol–water partition coefficient (Wildman–Crippen LogP) is 4.44. The van der Waals surface area contributed by atoms with Gasteiger partial charge in [0.1, 0.15) is 11.8 Å². The fourth-order valence-electron chi connectivity index (χ4n) is 3.67. The number of nitrogen functional groups attached to an aromatic ring is 1. The van der Waals surface area contributed by atoms with Crippen LogP contribution >= 0.6 is 0 Å². The van der Waals surface area contributed by atoms with Gasteiger partial charge in [-0.05, 0) is 86.6 Å². The second-order valence-electron chi connectivity index (χ2n) is 8.62. The Morgan fingerprint density at radius 2 is 1.59 bits per heavy atom. The van der Waals surface area contributed by atoms with Gasteiger partial charge in [0.25, 0.3) is 5.91 Å². The minimum atomic E-state index is -0.756. The molecule has 4 N–H and O–H groups in total. The van der Waals surface area contributed by atoms with Crippen molar-refractivity contribution < 1.29 is 19.4 Å². The summed E-state index contributed by atoms with van der Waals surface area (Å²) < 4.78 is 5.38. The molecule has 1 atom stereocenters. The Morgan fingerprint density at radius 3 is 2.26 bits per heavy atom. The quantitative estimate of drug-likeness (QED) is 0.307. The van der Waals surface area contributed by atoms with E-state index >= 15 is 0 Å². The molecule has 0 aliphatic carbocycles. The number of carbonyl (C=O) groups is 2. The van der Waals surface area contributed by atoms with Crippen LogP contribution in [0.3, 0.4) is 0 Å². The van der Waals surface area contributed by atoms with Gasteiger partial charge in [-0.25, -0.2) is 4.79 Å². The first kappa shape index (κ1) is 24.8. The second-order valence-corrected chi connectivity index (χ2v) is 8.62. The first-order valence-electron chi connectivity index (χ1n) is 11.5. The number of benzene rings is 3. The van der Waals surface area contributed by atoms with Crippen LogP contribution in [0.4, 0.5) is 5.69 Å². The number of anilines is 1. The summed E-state index contributed by atoms with van der Waals surface area (Å²) in [6, 6.07) is 21.2. The molecule has 3 aromatic carbocycles. The first-order valence-corrected chi connectivity index (χ1v) is 11.5. The minimum Gasteiger partial charge on any atom is -0.508 e. The largest absolute Gasteiger partial charge is 0.508 e. The van der Waals surface area contributed by atoms with Crippen LogP contribution in [-0.4, -0.2) is 29.1 Å². The standard InChI is InChI=1S/C28H32N2O4/c1-19(2)34-28(33)26(17-11-20-6-4-3-5-7-20)30-27(32)23-13-16-25(29)22(18-23)12-8-21-9-14-24(31)15-10-21/h3-7,9-10,13-16,18-19,26,31H,8,11-12,17,29H2,1-2H3,(H,30,32). The number of amides is 1. The topological polar surface area (TPSA) is 102 Å². The summed E-state index contributed by atoms with van der Waals surface area (Å²) in [4.78, 5) is 25.7. The third kappa shape index (κ3) is 7.37. The fourth-order valence-corrected chi connectivity index (χ4v) is 3.67. The Morgan fingerprint density at radius 1 is 0.912 bits per heavy atom. The first-order chi connectivity index (χ1) is 16.3. The smallest absolute Gasteiger partial charge is 0.328 e. The van der Waals surface area contributed by atoms with Crippen LogP contribution in [0.5, 0.6) is 5.75 Å². The molecule has 0 spiro atoms. The van der Waals surface area contributed by atoms with Crippen molar-refractivity contribution in [2.45, 2.75) is 51.7 Å². The molecule has 0 aromatic heterocycles. The number of phenols is 1. The summed E-state index contributed by atoms with van der Waals surface area (Å²) >= 11 is 0. The van der Waals surface area contributed by atoms with E-state index in [1.165, 1.54) is 0 Å². The van der Waals surface area contributed by atoms with Crippen molar-refractivity contribution in [2.75, 3.05) is 5.73 Å². The van der Waals surface area contributed by atoms with E-state index in [-0.39, 0.29) is 17.8 Å². The molecule has 6 heteroatoms. The number of nitrogens with two attached hydrogens (primary N) is 1. The van der Waals surface area contributed by atoms with Crippen molar-refractivity contribution in [2.24, 2.45) is 0 Å². The van der Waals surface area contributed by atoms with E-state index in [2.05, 4.69) is 5.32 Å². The van der Waals surface area contributed by atoms with E-state index < -0.39 is 12.0 Å². The van der Waals surface area contributed by atoms with Crippen molar-refractivity contribution in [3.8, 4) is 5.75 Å². The number of ether oxygens (including phenoxy) is 1. The number of hydrogen-bond acceptors (Lipinski definition) is 5. The maximum atomic E-state index is 13.0. The zero-order valence-corrected chi connectivity index (χ0v) is 19.7. The number of nitrogens with one attached hydrogen (secondary N) is 1. The van der Waals surface area contributed by atoms with Crippen molar-refractivity contribution in [3.05, 3.63) is 95.1 Å². The molecule has 0 fully saturated rings. The lowest BCUT2D eigenvalue weighted by Crippen LogP contribution is -2.43. The molecule has 6 nitrogen and oxygen atoms in total. The summed E-state index contributed by atoms with van der Waals surface area (Å²) in [7, 11) is 0. The highest BCUT2D eigenvalue weighted by Gasteiger charge is 2.24. The Hall–Kier alpha value is -3.80. The maximum absolute atomic E-state index is 13.0. The van der Waals surface area contributed by atoms with Crippen molar-refractivity contribution in [3.63, 3.8) is 0 Å². The molecule has 0 aliphatic heterocycles. The molecular weight excluding hydrogens is 428 g/mol. The predicted molar refractivity (Wildman–Crippen MR) is 134 cm³/mol. The Bertz CT molecular complexity index is 1100. The molecule has 0 heterocycles. The van der Waals surface area contributed by atoms with Crippen molar-refractivity contribution >= 4 is 17.6 Å². The molecule has 0 aliphatic rings. The van der Waals surface area contributed by atoms with Gasteiger partial charge in [0, 0.05) is 11.3 Å². The van der Waals surface area contributed by atoms with E-state index in [1.54, 1.807) is 44.2 Å². The highest BCUT2D eigenvalue weighted by Crippen LogP contribution is 2.19. The summed E-state index contributed by atoms with van der Waals surface area (Å²) in [6.45, 7) is 3.57. The number of rotatable bonds is 10. The van der Waals surface area contributed by atoms with Gasteiger partial charge < -0.3 is 20.9 Å². The maximum Gasteiger partial charge on any atom is 0.328 e. The van der Waals surface area contributed by atoms with Gasteiger partial charge in [0.15, 0.2) is 0 Å². The third-order valence-corrected chi connectivity index (χ3v) is 5.53. The van der Waals surface area contributed by atoms with Crippen LogP contribution < -0.4 is 11.1 Å². The number of hydrogen-bond donors (Lipinski definition) is 3. The number of aromatic hydroxyl groups is 1. The van der Waals surface area contributed by atoms with Gasteiger partial charge in [-0.15, -0.1) is 0 Å². The lowest BCUT2D eigenvalue weighted by molar-refractivity contribution is -0.149. The van der Waals surface area contributed by atoms with Crippen molar-refractivity contribution in [1.82, 2.24) is 5.32 Å². The van der Waals surface area contributed by atoms with Gasteiger partial charge in [-0.1, -0.05) is 42.5 Å². The average molecular weight is 461 g/mol. The highest BCUT2D eigenvalue weighted by molar-refractivity contribution is 5.97.